The highest BCUT2D eigenvalue weighted by Gasteiger charge is 2.30. The number of anilines is 1. The smallest absolute Gasteiger partial charge is 0.267 e. The molecule has 0 unspecified atom stereocenters. The highest BCUT2D eigenvalue weighted by atomic mass is 79.9. The van der Waals surface area contributed by atoms with Crippen LogP contribution in [0.4, 0.5) is 5.69 Å². The molecule has 0 spiro atoms. The summed E-state index contributed by atoms with van der Waals surface area (Å²) in [4.78, 5) is 14.6. The van der Waals surface area contributed by atoms with Crippen molar-refractivity contribution in [1.82, 2.24) is 15.0 Å². The molecule has 0 bridgehead atoms. The summed E-state index contributed by atoms with van der Waals surface area (Å²) in [7, 11) is 0. The number of benzene rings is 3. The number of aromatic nitrogens is 3. The van der Waals surface area contributed by atoms with Crippen LogP contribution in [0.3, 0.4) is 0 Å². The van der Waals surface area contributed by atoms with Crippen LogP contribution in [0.25, 0.3) is 16.7 Å². The summed E-state index contributed by atoms with van der Waals surface area (Å²) in [5.74, 6) is 0.375. The van der Waals surface area contributed by atoms with Gasteiger partial charge in [-0.05, 0) is 81.8 Å². The van der Waals surface area contributed by atoms with Gasteiger partial charge in [-0.3, -0.25) is 4.79 Å². The van der Waals surface area contributed by atoms with Gasteiger partial charge in [-0.15, -0.1) is 10.2 Å². The Balaban J connectivity index is 1.57. The zero-order chi connectivity index (χ0) is 22.2. The number of aryl methyl sites for hydroxylation is 2. The van der Waals surface area contributed by atoms with E-state index in [1.807, 2.05) is 74.5 Å². The molecule has 0 aliphatic carbocycles. The molecule has 0 aliphatic rings. The van der Waals surface area contributed by atoms with Gasteiger partial charge in [0.1, 0.15) is 16.8 Å². The molecular formula is C24H23BrN4O2. The van der Waals surface area contributed by atoms with Crippen molar-refractivity contribution in [2.45, 2.75) is 33.3 Å². The van der Waals surface area contributed by atoms with Gasteiger partial charge in [0.2, 0.25) is 0 Å². The van der Waals surface area contributed by atoms with Crippen molar-refractivity contribution in [3.63, 3.8) is 0 Å². The Morgan fingerprint density at radius 2 is 1.58 bits per heavy atom. The zero-order valence-corrected chi connectivity index (χ0v) is 19.4. The third-order valence-corrected chi connectivity index (χ3v) is 5.50. The first-order chi connectivity index (χ1) is 14.7. The normalized spacial score (nSPS) is 11.5. The van der Waals surface area contributed by atoms with Gasteiger partial charge >= 0.3 is 0 Å². The van der Waals surface area contributed by atoms with E-state index in [-0.39, 0.29) is 5.91 Å². The van der Waals surface area contributed by atoms with Crippen LogP contribution in [0, 0.1) is 13.8 Å². The zero-order valence-electron chi connectivity index (χ0n) is 17.8. The fourth-order valence-corrected chi connectivity index (χ4v) is 3.38. The van der Waals surface area contributed by atoms with Gasteiger partial charge in [0.15, 0.2) is 5.60 Å². The van der Waals surface area contributed by atoms with Crippen LogP contribution in [0.5, 0.6) is 5.75 Å². The van der Waals surface area contributed by atoms with E-state index in [4.69, 9.17) is 4.74 Å². The molecule has 4 rings (SSSR count). The molecule has 158 valence electrons. The predicted molar refractivity (Wildman–Crippen MR) is 126 cm³/mol. The number of nitrogens with one attached hydrogen (secondary N) is 1. The molecule has 7 heteroatoms. The van der Waals surface area contributed by atoms with Gasteiger partial charge in [-0.25, -0.2) is 0 Å². The minimum atomic E-state index is -1.06. The molecule has 0 fully saturated rings. The van der Waals surface area contributed by atoms with Crippen LogP contribution in [0.1, 0.15) is 25.0 Å². The van der Waals surface area contributed by atoms with E-state index in [0.29, 0.717) is 17.0 Å². The van der Waals surface area contributed by atoms with Crippen molar-refractivity contribution >= 4 is 38.6 Å². The Kier molecular flexibility index (Phi) is 5.54. The Labute approximate surface area is 189 Å². The van der Waals surface area contributed by atoms with Gasteiger partial charge < -0.3 is 10.1 Å². The lowest BCUT2D eigenvalue weighted by Gasteiger charge is -2.25. The second kappa shape index (κ2) is 8.15. The molecule has 0 saturated carbocycles. The summed E-state index contributed by atoms with van der Waals surface area (Å²) in [6.07, 6.45) is 0. The second-order valence-corrected chi connectivity index (χ2v) is 8.92. The van der Waals surface area contributed by atoms with E-state index < -0.39 is 5.60 Å². The number of nitrogens with zero attached hydrogens (tertiary/aromatic N) is 3. The van der Waals surface area contributed by atoms with Crippen LogP contribution >= 0.6 is 15.9 Å². The molecule has 6 nitrogen and oxygen atoms in total. The lowest BCUT2D eigenvalue weighted by atomic mass is 10.1. The van der Waals surface area contributed by atoms with Crippen LogP contribution in [-0.2, 0) is 4.79 Å². The fourth-order valence-electron chi connectivity index (χ4n) is 3.11. The van der Waals surface area contributed by atoms with Crippen LogP contribution < -0.4 is 10.1 Å². The third kappa shape index (κ3) is 4.61. The minimum Gasteiger partial charge on any atom is -0.478 e. The molecule has 0 radical (unpaired) electrons. The minimum absolute atomic E-state index is 0.246. The van der Waals surface area contributed by atoms with Crippen molar-refractivity contribution in [3.05, 3.63) is 76.3 Å². The Morgan fingerprint density at radius 3 is 2.23 bits per heavy atom. The summed E-state index contributed by atoms with van der Waals surface area (Å²) in [6.45, 7) is 7.46. The summed E-state index contributed by atoms with van der Waals surface area (Å²) in [5.41, 5.74) is 4.05. The number of ether oxygens (including phenoxy) is 1. The Morgan fingerprint density at radius 1 is 0.968 bits per heavy atom. The fraction of sp³-hybridized carbons (Fsp3) is 0.208. The lowest BCUT2D eigenvalue weighted by molar-refractivity contribution is -0.128. The average Bonchev–Trinajstić information content (AvgIpc) is 3.13. The first-order valence-electron chi connectivity index (χ1n) is 9.92. The molecular weight excluding hydrogens is 456 g/mol. The topological polar surface area (TPSA) is 69.0 Å². The van der Waals surface area contributed by atoms with E-state index in [9.17, 15) is 4.79 Å². The predicted octanol–water partition coefficient (Wildman–Crippen LogP) is 5.60. The van der Waals surface area contributed by atoms with E-state index in [1.165, 1.54) is 5.56 Å². The largest absolute Gasteiger partial charge is 0.478 e. The molecule has 31 heavy (non-hydrogen) atoms. The van der Waals surface area contributed by atoms with Crippen molar-refractivity contribution in [3.8, 4) is 11.4 Å². The lowest BCUT2D eigenvalue weighted by Crippen LogP contribution is -2.42. The van der Waals surface area contributed by atoms with Crippen molar-refractivity contribution < 1.29 is 9.53 Å². The maximum Gasteiger partial charge on any atom is 0.267 e. The Hall–Kier alpha value is -3.19. The molecule has 3 aromatic carbocycles. The quantitative estimate of drug-likeness (QED) is 0.405. The SMILES string of the molecule is Cc1ccc(-n2nc3cc(C)c(NC(=O)C(C)(C)Oc4ccc(Br)cc4)cc3n2)cc1. The van der Waals surface area contributed by atoms with E-state index in [1.54, 1.807) is 18.6 Å². The summed E-state index contributed by atoms with van der Waals surface area (Å²) in [6, 6.07) is 19.2. The molecule has 0 atom stereocenters. The van der Waals surface area contributed by atoms with Gasteiger partial charge in [0, 0.05) is 10.2 Å². The van der Waals surface area contributed by atoms with E-state index >= 15 is 0 Å². The maximum absolute atomic E-state index is 13.0. The number of fused-ring (bicyclic) bond motifs is 1. The van der Waals surface area contributed by atoms with Crippen LogP contribution in [0.15, 0.2) is 65.1 Å². The molecule has 4 aromatic rings. The van der Waals surface area contributed by atoms with E-state index in [2.05, 4.69) is 31.4 Å². The maximum atomic E-state index is 13.0. The molecule has 0 saturated heterocycles. The highest BCUT2D eigenvalue weighted by Crippen LogP contribution is 2.25. The highest BCUT2D eigenvalue weighted by molar-refractivity contribution is 9.10. The Bertz CT molecular complexity index is 1250. The number of hydrogen-bond acceptors (Lipinski definition) is 4. The van der Waals surface area contributed by atoms with Crippen molar-refractivity contribution in [2.24, 2.45) is 0 Å². The molecule has 1 N–H and O–H groups in total. The number of hydrogen-bond donors (Lipinski definition) is 1. The van der Waals surface area contributed by atoms with Crippen molar-refractivity contribution in [1.29, 1.82) is 0 Å². The number of halogens is 1. The van der Waals surface area contributed by atoms with Crippen LogP contribution in [-0.4, -0.2) is 26.5 Å². The van der Waals surface area contributed by atoms with Gasteiger partial charge in [0.25, 0.3) is 5.91 Å². The molecule has 1 amide bonds. The van der Waals surface area contributed by atoms with Crippen LogP contribution in [0.2, 0.25) is 0 Å². The first-order valence-corrected chi connectivity index (χ1v) is 10.7. The van der Waals surface area contributed by atoms with Gasteiger partial charge in [-0.1, -0.05) is 33.6 Å². The summed E-state index contributed by atoms with van der Waals surface area (Å²) in [5, 5.41) is 12.1. The van der Waals surface area contributed by atoms with E-state index in [0.717, 1.165) is 21.2 Å². The number of carbonyl (C=O) groups is 1. The van der Waals surface area contributed by atoms with Gasteiger partial charge in [0.05, 0.1) is 5.69 Å². The third-order valence-electron chi connectivity index (χ3n) is 4.97. The number of rotatable bonds is 5. The van der Waals surface area contributed by atoms with Gasteiger partial charge in [-0.2, -0.15) is 4.80 Å². The average molecular weight is 479 g/mol. The molecule has 1 aromatic heterocycles. The summed E-state index contributed by atoms with van der Waals surface area (Å²) >= 11 is 3.40. The molecule has 1 heterocycles. The summed E-state index contributed by atoms with van der Waals surface area (Å²) < 4.78 is 6.87. The second-order valence-electron chi connectivity index (χ2n) is 8.00. The number of amides is 1. The molecule has 0 aliphatic heterocycles. The number of carbonyl (C=O) groups excluding carboxylic acids is 1. The standard InChI is InChI=1S/C24H23BrN4O2/c1-15-5-9-18(10-6-15)29-27-21-13-16(2)20(14-22(21)28-29)26-23(30)24(3,4)31-19-11-7-17(25)8-12-19/h5-14H,1-4H3,(H,26,30). The van der Waals surface area contributed by atoms with Crippen molar-refractivity contribution in [2.75, 3.05) is 5.32 Å². The monoisotopic (exact) mass is 478 g/mol. The first kappa shape index (κ1) is 21.1.